The van der Waals surface area contributed by atoms with Crippen molar-refractivity contribution in [3.63, 3.8) is 0 Å². The Labute approximate surface area is 222 Å². The van der Waals surface area contributed by atoms with Gasteiger partial charge in [0.1, 0.15) is 23.7 Å². The zero-order valence-electron chi connectivity index (χ0n) is 18.1. The second kappa shape index (κ2) is 10.3. The van der Waals surface area contributed by atoms with Crippen LogP contribution in [-0.2, 0) is 16.2 Å². The first-order valence-corrected chi connectivity index (χ1v) is 12.1. The number of halogens is 4. The van der Waals surface area contributed by atoms with E-state index in [-0.39, 0.29) is 17.9 Å². The minimum atomic E-state index is -0.875. The number of nitrogens with zero attached hydrogens (tertiary/aromatic N) is 1. The second-order valence-electron chi connectivity index (χ2n) is 7.57. The minimum absolute atomic E-state index is 0.0423. The van der Waals surface area contributed by atoms with Gasteiger partial charge in [0.2, 0.25) is 0 Å². The maximum atomic E-state index is 13.6. The molecule has 35 heavy (non-hydrogen) atoms. The summed E-state index contributed by atoms with van der Waals surface area (Å²) in [6, 6.07) is 13.3. The van der Waals surface area contributed by atoms with Gasteiger partial charge in [-0.05, 0) is 76.5 Å². The van der Waals surface area contributed by atoms with Crippen LogP contribution in [-0.4, -0.2) is 17.8 Å². The van der Waals surface area contributed by atoms with E-state index >= 15 is 0 Å². The van der Waals surface area contributed by atoms with Gasteiger partial charge in [0.25, 0.3) is 11.8 Å². The van der Waals surface area contributed by atoms with E-state index in [2.05, 4.69) is 37.2 Å². The number of urea groups is 1. The summed E-state index contributed by atoms with van der Waals surface area (Å²) in [4.78, 5) is 39.4. The van der Waals surface area contributed by atoms with E-state index in [1.807, 2.05) is 0 Å². The molecule has 3 aromatic carbocycles. The smallest absolute Gasteiger partial charge is 0.335 e. The first-order valence-electron chi connectivity index (χ1n) is 10.2. The van der Waals surface area contributed by atoms with Gasteiger partial charge in [-0.15, -0.1) is 0 Å². The quantitative estimate of drug-likeness (QED) is 0.259. The third-order valence-electron chi connectivity index (χ3n) is 5.19. The number of nitrogens with one attached hydrogen (secondary N) is 1. The molecule has 0 aromatic heterocycles. The van der Waals surface area contributed by atoms with Crippen molar-refractivity contribution in [2.24, 2.45) is 0 Å². The number of barbiturate groups is 1. The van der Waals surface area contributed by atoms with Gasteiger partial charge in [0.15, 0.2) is 0 Å². The molecule has 0 atom stereocenters. The summed E-state index contributed by atoms with van der Waals surface area (Å²) in [5.74, 6) is -1.72. The lowest BCUT2D eigenvalue weighted by Gasteiger charge is -2.28. The third-order valence-corrected chi connectivity index (χ3v) is 6.65. The maximum absolute atomic E-state index is 13.6. The largest absolute Gasteiger partial charge is 0.487 e. The molecule has 3 aromatic rings. The summed E-state index contributed by atoms with van der Waals surface area (Å²) in [7, 11) is 0. The number of benzene rings is 3. The monoisotopic (exact) mass is 620 g/mol. The van der Waals surface area contributed by atoms with Crippen LogP contribution in [0.3, 0.4) is 0 Å². The number of hydrogen-bond acceptors (Lipinski definition) is 4. The minimum Gasteiger partial charge on any atom is -0.487 e. The van der Waals surface area contributed by atoms with Crippen molar-refractivity contribution in [1.29, 1.82) is 0 Å². The van der Waals surface area contributed by atoms with Crippen molar-refractivity contribution in [3.8, 4) is 5.75 Å². The summed E-state index contributed by atoms with van der Waals surface area (Å²) >= 11 is 13.0. The molecule has 0 unspecified atom stereocenters. The second-order valence-corrected chi connectivity index (χ2v) is 9.74. The molecule has 0 radical (unpaired) electrons. The average molecular weight is 623 g/mol. The highest BCUT2D eigenvalue weighted by molar-refractivity contribution is 9.11. The highest BCUT2D eigenvalue weighted by atomic mass is 79.9. The summed E-state index contributed by atoms with van der Waals surface area (Å²) in [6.07, 6.45) is 1.34. The van der Waals surface area contributed by atoms with Crippen molar-refractivity contribution in [1.82, 2.24) is 5.32 Å². The van der Waals surface area contributed by atoms with Gasteiger partial charge >= 0.3 is 6.03 Å². The van der Waals surface area contributed by atoms with E-state index in [0.29, 0.717) is 36.4 Å². The fourth-order valence-corrected chi connectivity index (χ4v) is 5.03. The fourth-order valence-electron chi connectivity index (χ4n) is 3.49. The van der Waals surface area contributed by atoms with Crippen LogP contribution in [0.15, 0.2) is 69.1 Å². The Morgan fingerprint density at radius 2 is 1.83 bits per heavy atom. The van der Waals surface area contributed by atoms with Crippen molar-refractivity contribution in [2.45, 2.75) is 13.5 Å². The number of anilines is 1. The third kappa shape index (κ3) is 5.32. The van der Waals surface area contributed by atoms with Crippen LogP contribution in [0.2, 0.25) is 5.02 Å². The highest BCUT2D eigenvalue weighted by Crippen LogP contribution is 2.36. The topological polar surface area (TPSA) is 75.7 Å². The van der Waals surface area contributed by atoms with Crippen molar-refractivity contribution >= 4 is 73.1 Å². The number of carbonyl (C=O) groups is 3. The predicted octanol–water partition coefficient (Wildman–Crippen LogP) is 6.56. The van der Waals surface area contributed by atoms with Gasteiger partial charge in [-0.2, -0.15) is 0 Å². The van der Waals surface area contributed by atoms with E-state index in [1.54, 1.807) is 49.4 Å². The molecule has 1 fully saturated rings. The molecule has 6 nitrogen and oxygen atoms in total. The van der Waals surface area contributed by atoms with Gasteiger partial charge in [0.05, 0.1) is 10.2 Å². The van der Waals surface area contributed by atoms with Crippen molar-refractivity contribution < 1.29 is 23.5 Å². The Hall–Kier alpha value is -3.01. The normalized spacial score (nSPS) is 14.9. The van der Waals surface area contributed by atoms with Gasteiger partial charge in [-0.1, -0.05) is 45.7 Å². The molecule has 1 heterocycles. The highest BCUT2D eigenvalue weighted by Gasteiger charge is 2.38. The van der Waals surface area contributed by atoms with Crippen LogP contribution in [0.1, 0.15) is 16.7 Å². The molecule has 1 aliphatic heterocycles. The van der Waals surface area contributed by atoms with Crippen LogP contribution < -0.4 is 15.0 Å². The molecule has 0 spiro atoms. The lowest BCUT2D eigenvalue weighted by Crippen LogP contribution is -2.54. The Kier molecular flexibility index (Phi) is 7.39. The zero-order chi connectivity index (χ0) is 25.3. The summed E-state index contributed by atoms with van der Waals surface area (Å²) in [6.45, 7) is 1.71. The molecule has 1 N–H and O–H groups in total. The standard InChI is InChI=1S/C25H16Br2ClFN2O4/c1-13-20(28)6-3-7-21(13)31-24(33)18(23(32)30-25(31)34)10-15-9-16(26)11-19(27)22(15)35-12-14-4-2-5-17(29)8-14/h2-11H,12H2,1H3,(H,30,32,34)/b18-10+. The number of imide groups is 2. The van der Waals surface area contributed by atoms with E-state index in [9.17, 15) is 18.8 Å². The molecule has 1 saturated heterocycles. The van der Waals surface area contributed by atoms with Crippen LogP contribution in [0.5, 0.6) is 5.75 Å². The molecule has 4 amide bonds. The van der Waals surface area contributed by atoms with Crippen LogP contribution in [0.4, 0.5) is 14.9 Å². The average Bonchev–Trinajstić information content (AvgIpc) is 2.78. The van der Waals surface area contributed by atoms with E-state index < -0.39 is 23.7 Å². The van der Waals surface area contributed by atoms with Crippen LogP contribution >= 0.6 is 43.5 Å². The lowest BCUT2D eigenvalue weighted by atomic mass is 10.0. The van der Waals surface area contributed by atoms with E-state index in [0.717, 1.165) is 4.90 Å². The predicted molar refractivity (Wildman–Crippen MR) is 138 cm³/mol. The molecule has 0 saturated carbocycles. The van der Waals surface area contributed by atoms with Gasteiger partial charge in [0, 0.05) is 15.1 Å². The van der Waals surface area contributed by atoms with E-state index in [4.69, 9.17) is 16.3 Å². The Morgan fingerprint density at radius 1 is 1.09 bits per heavy atom. The molecule has 178 valence electrons. The zero-order valence-corrected chi connectivity index (χ0v) is 22.0. The molecule has 4 rings (SSSR count). The molecule has 0 bridgehead atoms. The summed E-state index contributed by atoms with van der Waals surface area (Å²) in [5.41, 5.74) is 1.48. The van der Waals surface area contributed by atoms with Gasteiger partial charge < -0.3 is 4.74 Å². The number of ether oxygens (including phenoxy) is 1. The fraction of sp³-hybridized carbons (Fsp3) is 0.0800. The van der Waals surface area contributed by atoms with Gasteiger partial charge in [-0.25, -0.2) is 14.1 Å². The SMILES string of the molecule is Cc1c(Cl)cccc1N1C(=O)NC(=O)/C(=C\c2cc(Br)cc(Br)c2OCc2cccc(F)c2)C1=O. The van der Waals surface area contributed by atoms with Crippen molar-refractivity contribution in [3.05, 3.63) is 96.6 Å². The number of rotatable bonds is 5. The summed E-state index contributed by atoms with van der Waals surface area (Å²) < 4.78 is 20.7. The Bertz CT molecular complexity index is 1410. The molecule has 10 heteroatoms. The van der Waals surface area contributed by atoms with Crippen molar-refractivity contribution in [2.75, 3.05) is 4.90 Å². The number of hydrogen-bond donors (Lipinski definition) is 1. The molecule has 0 aliphatic carbocycles. The molecular weight excluding hydrogens is 607 g/mol. The van der Waals surface area contributed by atoms with Crippen LogP contribution in [0, 0.1) is 12.7 Å². The Morgan fingerprint density at radius 3 is 2.57 bits per heavy atom. The first-order chi connectivity index (χ1) is 16.7. The van der Waals surface area contributed by atoms with E-state index in [1.165, 1.54) is 18.2 Å². The molecular formula is C25H16Br2ClFN2O4. The number of carbonyl (C=O) groups excluding carboxylic acids is 3. The van der Waals surface area contributed by atoms with Crippen LogP contribution in [0.25, 0.3) is 6.08 Å². The number of amides is 4. The maximum Gasteiger partial charge on any atom is 0.335 e. The Balaban J connectivity index is 1.74. The summed E-state index contributed by atoms with van der Waals surface area (Å²) in [5, 5.41) is 2.57. The van der Waals surface area contributed by atoms with Gasteiger partial charge in [-0.3, -0.25) is 14.9 Å². The first kappa shape index (κ1) is 25.1. The molecule has 1 aliphatic rings. The lowest BCUT2D eigenvalue weighted by molar-refractivity contribution is -0.122.